The maximum Gasteiger partial charge on any atom is 0.174 e. The van der Waals surface area contributed by atoms with E-state index in [0.717, 1.165) is 6.92 Å². The van der Waals surface area contributed by atoms with Gasteiger partial charge in [0.25, 0.3) is 0 Å². The van der Waals surface area contributed by atoms with E-state index in [9.17, 15) is 24.9 Å². The minimum atomic E-state index is -2.51. The van der Waals surface area contributed by atoms with Crippen molar-refractivity contribution in [3.8, 4) is 0 Å². The summed E-state index contributed by atoms with van der Waals surface area (Å²) in [5, 5.41) is 36.9. The first-order valence-corrected chi connectivity index (χ1v) is 4.22. The lowest BCUT2D eigenvalue weighted by atomic mass is 9.87. The summed E-state index contributed by atoms with van der Waals surface area (Å²) >= 11 is 0. The van der Waals surface area contributed by atoms with E-state index in [1.165, 1.54) is 0 Å². The Balaban J connectivity index is 4.87. The van der Waals surface area contributed by atoms with E-state index in [-0.39, 0.29) is 6.29 Å². The van der Waals surface area contributed by atoms with Gasteiger partial charge in [0.05, 0.1) is 12.6 Å². The zero-order valence-corrected chi connectivity index (χ0v) is 8.20. The number of ketones is 1. The number of hydrogen-bond acceptors (Lipinski definition) is 7. The summed E-state index contributed by atoms with van der Waals surface area (Å²) in [5.74, 6) is -0.936. The van der Waals surface area contributed by atoms with Gasteiger partial charge in [-0.05, 0) is 6.92 Å². The van der Waals surface area contributed by atoms with Crippen LogP contribution in [-0.2, 0) is 9.59 Å². The van der Waals surface area contributed by atoms with Crippen molar-refractivity contribution in [1.29, 1.82) is 0 Å². The number of Topliss-reactive ketones (excluding diaryl/α,β-unsaturated/α-hetero) is 1. The second-order valence-corrected chi connectivity index (χ2v) is 3.29. The van der Waals surface area contributed by atoms with E-state index in [0.29, 0.717) is 0 Å². The fourth-order valence-electron chi connectivity index (χ4n) is 0.987. The molecule has 88 valence electrons. The number of hydrogen-bond donors (Lipinski definition) is 5. The quantitative estimate of drug-likeness (QED) is 0.293. The largest absolute Gasteiger partial charge is 0.393 e. The SMILES string of the molecule is CC(=O)[C@@](O)(CO)[C@H](O)[C@H](O)[C@@H](N)C=O. The lowest BCUT2D eigenvalue weighted by Gasteiger charge is -2.32. The topological polar surface area (TPSA) is 141 Å². The fourth-order valence-corrected chi connectivity index (χ4v) is 0.987. The molecule has 0 radical (unpaired) electrons. The molecule has 0 fully saturated rings. The Morgan fingerprint density at radius 1 is 1.53 bits per heavy atom. The molecule has 0 heterocycles. The molecular formula is C8H15NO6. The van der Waals surface area contributed by atoms with Gasteiger partial charge in [-0.2, -0.15) is 0 Å². The van der Waals surface area contributed by atoms with Gasteiger partial charge in [0.2, 0.25) is 0 Å². The first-order chi connectivity index (χ1) is 6.81. The Morgan fingerprint density at radius 3 is 2.27 bits per heavy atom. The monoisotopic (exact) mass is 221 g/mol. The molecule has 0 aromatic rings. The summed E-state index contributed by atoms with van der Waals surface area (Å²) in [6, 6.07) is -1.45. The van der Waals surface area contributed by atoms with Crippen LogP contribution in [0.1, 0.15) is 6.92 Å². The molecule has 0 aromatic heterocycles. The van der Waals surface area contributed by atoms with E-state index >= 15 is 0 Å². The molecular weight excluding hydrogens is 206 g/mol. The molecule has 15 heavy (non-hydrogen) atoms. The van der Waals surface area contributed by atoms with Crippen LogP contribution in [0.15, 0.2) is 0 Å². The lowest BCUT2D eigenvalue weighted by molar-refractivity contribution is -0.171. The van der Waals surface area contributed by atoms with Gasteiger partial charge in [-0.3, -0.25) is 4.79 Å². The number of aliphatic hydroxyl groups excluding tert-OH is 3. The second-order valence-electron chi connectivity index (χ2n) is 3.29. The van der Waals surface area contributed by atoms with Crippen molar-refractivity contribution in [2.45, 2.75) is 30.8 Å². The van der Waals surface area contributed by atoms with E-state index in [4.69, 9.17) is 10.8 Å². The molecule has 0 saturated heterocycles. The van der Waals surface area contributed by atoms with Crippen LogP contribution in [-0.4, -0.2) is 63.0 Å². The highest BCUT2D eigenvalue weighted by Gasteiger charge is 2.45. The van der Waals surface area contributed by atoms with Crippen molar-refractivity contribution in [2.75, 3.05) is 6.61 Å². The van der Waals surface area contributed by atoms with E-state index in [1.54, 1.807) is 0 Å². The Bertz CT molecular complexity index is 245. The zero-order chi connectivity index (χ0) is 12.2. The Labute approximate surface area is 86.1 Å². The number of carbonyl (C=O) groups is 2. The van der Waals surface area contributed by atoms with Crippen LogP contribution in [0.25, 0.3) is 0 Å². The summed E-state index contributed by atoms with van der Waals surface area (Å²) < 4.78 is 0. The van der Waals surface area contributed by atoms with E-state index in [1.807, 2.05) is 0 Å². The van der Waals surface area contributed by atoms with Gasteiger partial charge in [0.1, 0.15) is 18.5 Å². The molecule has 0 unspecified atom stereocenters. The predicted molar refractivity (Wildman–Crippen MR) is 48.8 cm³/mol. The Hall–Kier alpha value is -0.860. The van der Waals surface area contributed by atoms with Crippen LogP contribution < -0.4 is 5.73 Å². The van der Waals surface area contributed by atoms with Crippen molar-refractivity contribution < 1.29 is 30.0 Å². The normalized spacial score (nSPS) is 21.2. The average molecular weight is 221 g/mol. The number of aldehydes is 1. The molecule has 0 saturated carbocycles. The minimum absolute atomic E-state index is 0.159. The molecule has 0 spiro atoms. The van der Waals surface area contributed by atoms with E-state index < -0.39 is 36.2 Å². The smallest absolute Gasteiger partial charge is 0.174 e. The van der Waals surface area contributed by atoms with Crippen molar-refractivity contribution in [1.82, 2.24) is 0 Å². The molecule has 0 aliphatic carbocycles. The number of nitrogens with two attached hydrogens (primary N) is 1. The van der Waals surface area contributed by atoms with Gasteiger partial charge in [-0.25, -0.2) is 0 Å². The Kier molecular flexibility index (Phi) is 4.98. The highest BCUT2D eigenvalue weighted by Crippen LogP contribution is 2.16. The summed E-state index contributed by atoms with van der Waals surface area (Å²) in [6.07, 6.45) is -3.70. The van der Waals surface area contributed by atoms with Crippen molar-refractivity contribution in [3.63, 3.8) is 0 Å². The second kappa shape index (κ2) is 5.29. The first-order valence-electron chi connectivity index (χ1n) is 4.22. The summed E-state index contributed by atoms with van der Waals surface area (Å²) in [4.78, 5) is 21.2. The van der Waals surface area contributed by atoms with Crippen LogP contribution in [0.2, 0.25) is 0 Å². The Morgan fingerprint density at radius 2 is 2.00 bits per heavy atom. The van der Waals surface area contributed by atoms with Crippen LogP contribution in [0.3, 0.4) is 0 Å². The maximum absolute atomic E-state index is 10.9. The average Bonchev–Trinajstić information content (AvgIpc) is 2.24. The van der Waals surface area contributed by atoms with Crippen molar-refractivity contribution in [3.05, 3.63) is 0 Å². The third-order valence-corrected chi connectivity index (χ3v) is 2.21. The molecule has 7 heteroatoms. The standard InChI is InChI=1S/C8H15NO6/c1-4(12)8(15,3-11)7(14)6(13)5(9)2-10/h2,5-7,11,13-15H,3,9H2,1H3/t5-,6+,7+,8-/m0/s1. The molecule has 0 aromatic carbocycles. The maximum atomic E-state index is 10.9. The molecule has 0 bridgehead atoms. The molecule has 0 rings (SSSR count). The molecule has 0 aliphatic rings. The van der Waals surface area contributed by atoms with Gasteiger partial charge in [0, 0.05) is 0 Å². The molecule has 0 aliphatic heterocycles. The first kappa shape index (κ1) is 14.1. The van der Waals surface area contributed by atoms with Crippen LogP contribution in [0.5, 0.6) is 0 Å². The molecule has 0 amide bonds. The lowest BCUT2D eigenvalue weighted by Crippen LogP contribution is -2.60. The zero-order valence-electron chi connectivity index (χ0n) is 8.20. The highest BCUT2D eigenvalue weighted by molar-refractivity contribution is 5.85. The molecule has 6 N–H and O–H groups in total. The van der Waals surface area contributed by atoms with Crippen LogP contribution in [0, 0.1) is 0 Å². The van der Waals surface area contributed by atoms with Gasteiger partial charge >= 0.3 is 0 Å². The third kappa shape index (κ3) is 2.80. The molecule has 7 nitrogen and oxygen atoms in total. The van der Waals surface area contributed by atoms with Gasteiger partial charge < -0.3 is 31.0 Å². The molecule has 4 atom stereocenters. The number of aliphatic hydroxyl groups is 4. The van der Waals surface area contributed by atoms with Crippen LogP contribution >= 0.6 is 0 Å². The van der Waals surface area contributed by atoms with Gasteiger partial charge in [-0.15, -0.1) is 0 Å². The number of carbonyl (C=O) groups excluding carboxylic acids is 2. The van der Waals surface area contributed by atoms with Gasteiger partial charge in [-0.1, -0.05) is 0 Å². The summed E-state index contributed by atoms with van der Waals surface area (Å²) in [6.45, 7) is -0.148. The number of rotatable bonds is 6. The summed E-state index contributed by atoms with van der Waals surface area (Å²) in [5.41, 5.74) is 2.57. The minimum Gasteiger partial charge on any atom is -0.393 e. The van der Waals surface area contributed by atoms with Crippen LogP contribution in [0.4, 0.5) is 0 Å². The van der Waals surface area contributed by atoms with Crippen molar-refractivity contribution in [2.24, 2.45) is 5.73 Å². The third-order valence-electron chi connectivity index (χ3n) is 2.21. The highest BCUT2D eigenvalue weighted by atomic mass is 16.4. The van der Waals surface area contributed by atoms with E-state index in [2.05, 4.69) is 0 Å². The van der Waals surface area contributed by atoms with Crippen molar-refractivity contribution >= 4 is 12.1 Å². The predicted octanol–water partition coefficient (Wildman–Crippen LogP) is -3.45. The fraction of sp³-hybridized carbons (Fsp3) is 0.750. The van der Waals surface area contributed by atoms with Gasteiger partial charge in [0.15, 0.2) is 11.4 Å². The summed E-state index contributed by atoms with van der Waals surface area (Å²) in [7, 11) is 0.